The predicted molar refractivity (Wildman–Crippen MR) is 75.2 cm³/mol. The molecule has 0 fully saturated rings. The zero-order valence-corrected chi connectivity index (χ0v) is 12.1. The number of carboxylic acids is 1. The number of aromatic carboxylic acids is 1. The lowest BCUT2D eigenvalue weighted by Crippen LogP contribution is -2.05. The minimum absolute atomic E-state index is 0.0885. The van der Waals surface area contributed by atoms with Crippen LogP contribution in [0.2, 0.25) is 0 Å². The maximum Gasteiger partial charge on any atom is 0.341 e. The van der Waals surface area contributed by atoms with E-state index in [9.17, 15) is 9.90 Å². The van der Waals surface area contributed by atoms with Gasteiger partial charge in [-0.05, 0) is 52.9 Å². The van der Waals surface area contributed by atoms with E-state index in [2.05, 4.69) is 25.9 Å². The van der Waals surface area contributed by atoms with Crippen LogP contribution in [0.5, 0.6) is 11.6 Å². The van der Waals surface area contributed by atoms with Crippen LogP contribution < -0.4 is 4.74 Å². The lowest BCUT2D eigenvalue weighted by atomic mass is 10.1. The van der Waals surface area contributed by atoms with Crippen LogP contribution in [0.25, 0.3) is 0 Å². The summed E-state index contributed by atoms with van der Waals surface area (Å²) >= 11 is 3.29. The highest BCUT2D eigenvalue weighted by Crippen LogP contribution is 2.30. The number of aryl methyl sites for hydroxylation is 2. The second-order valence-corrected chi connectivity index (χ2v) is 5.46. The van der Waals surface area contributed by atoms with Gasteiger partial charge >= 0.3 is 5.97 Å². The van der Waals surface area contributed by atoms with Crippen LogP contribution in [-0.4, -0.2) is 21.0 Å². The smallest absolute Gasteiger partial charge is 0.341 e. The minimum atomic E-state index is -1.04. The molecule has 0 bridgehead atoms. The third-order valence-corrected chi connectivity index (χ3v) is 3.57. The van der Waals surface area contributed by atoms with Crippen molar-refractivity contribution in [2.45, 2.75) is 19.3 Å². The zero-order valence-electron chi connectivity index (χ0n) is 10.5. The van der Waals surface area contributed by atoms with Gasteiger partial charge in [0.05, 0.1) is 6.20 Å². The Morgan fingerprint density at radius 1 is 1.30 bits per heavy atom. The number of hydrogen-bond donors (Lipinski definition) is 1. The van der Waals surface area contributed by atoms with Gasteiger partial charge in [0.1, 0.15) is 11.3 Å². The van der Waals surface area contributed by atoms with Crippen LogP contribution in [0.1, 0.15) is 28.0 Å². The van der Waals surface area contributed by atoms with Crippen LogP contribution in [0.15, 0.2) is 29.0 Å². The number of carboxylic acid groups (broad SMARTS) is 1. The molecule has 5 nitrogen and oxygen atoms in total. The van der Waals surface area contributed by atoms with Gasteiger partial charge in [0.25, 0.3) is 0 Å². The molecule has 0 atom stereocenters. The van der Waals surface area contributed by atoms with Crippen molar-refractivity contribution in [2.24, 2.45) is 0 Å². The number of aromatic nitrogens is 2. The van der Waals surface area contributed by atoms with Gasteiger partial charge in [0.2, 0.25) is 5.88 Å². The third kappa shape index (κ3) is 2.51. The molecule has 1 aliphatic carbocycles. The maximum absolute atomic E-state index is 11.3. The lowest BCUT2D eigenvalue weighted by Gasteiger charge is -2.10. The number of halogens is 1. The van der Waals surface area contributed by atoms with E-state index in [1.54, 1.807) is 18.3 Å². The molecule has 0 saturated carbocycles. The van der Waals surface area contributed by atoms with Gasteiger partial charge in [0, 0.05) is 16.4 Å². The van der Waals surface area contributed by atoms with E-state index in [0.717, 1.165) is 35.0 Å². The van der Waals surface area contributed by atoms with Crippen LogP contribution in [0, 0.1) is 0 Å². The molecule has 2 aromatic rings. The first-order valence-electron chi connectivity index (χ1n) is 6.18. The fraction of sp³-hybridized carbons (Fsp3) is 0.214. The Labute approximate surface area is 123 Å². The summed E-state index contributed by atoms with van der Waals surface area (Å²) in [6.45, 7) is 0. The summed E-state index contributed by atoms with van der Waals surface area (Å²) in [5.74, 6) is -0.462. The molecular weight excluding hydrogens is 324 g/mol. The van der Waals surface area contributed by atoms with Crippen molar-refractivity contribution >= 4 is 21.9 Å². The highest BCUT2D eigenvalue weighted by Gasteiger charge is 2.21. The second kappa shape index (κ2) is 5.20. The molecule has 0 aromatic carbocycles. The molecular formula is C14H11BrN2O3. The summed E-state index contributed by atoms with van der Waals surface area (Å²) in [7, 11) is 0. The summed E-state index contributed by atoms with van der Waals surface area (Å²) in [5.41, 5.74) is 2.01. The second-order valence-electron chi connectivity index (χ2n) is 4.55. The quantitative estimate of drug-likeness (QED) is 0.932. The van der Waals surface area contributed by atoms with Crippen molar-refractivity contribution in [3.8, 4) is 11.6 Å². The average molecular weight is 335 g/mol. The van der Waals surface area contributed by atoms with E-state index < -0.39 is 5.97 Å². The Morgan fingerprint density at radius 3 is 2.90 bits per heavy atom. The summed E-state index contributed by atoms with van der Waals surface area (Å²) in [6.07, 6.45) is 5.89. The van der Waals surface area contributed by atoms with Crippen molar-refractivity contribution < 1.29 is 14.6 Å². The largest absolute Gasteiger partial charge is 0.477 e. The van der Waals surface area contributed by atoms with Crippen LogP contribution in [-0.2, 0) is 12.8 Å². The van der Waals surface area contributed by atoms with E-state index in [0.29, 0.717) is 5.75 Å². The predicted octanol–water partition coefficient (Wildman–Crippen LogP) is 3.22. The monoisotopic (exact) mass is 334 g/mol. The first-order valence-corrected chi connectivity index (χ1v) is 6.97. The molecule has 2 aromatic heterocycles. The van der Waals surface area contributed by atoms with Gasteiger partial charge in [-0.15, -0.1) is 0 Å². The molecule has 0 radical (unpaired) electrons. The normalized spacial score (nSPS) is 13.1. The van der Waals surface area contributed by atoms with Crippen molar-refractivity contribution in [3.05, 3.63) is 45.8 Å². The van der Waals surface area contributed by atoms with Gasteiger partial charge in [-0.25, -0.2) is 9.78 Å². The standard InChI is InChI=1S/C14H11BrN2O3/c15-9-5-10(7-16-6-9)20-13-11(14(18)19)4-8-2-1-3-12(8)17-13/h4-7H,1-3H2,(H,18,19). The molecule has 20 heavy (non-hydrogen) atoms. The molecule has 0 aliphatic heterocycles. The van der Waals surface area contributed by atoms with Gasteiger partial charge in [0.15, 0.2) is 0 Å². The van der Waals surface area contributed by atoms with Crippen molar-refractivity contribution in [1.29, 1.82) is 0 Å². The van der Waals surface area contributed by atoms with Crippen molar-refractivity contribution in [3.63, 3.8) is 0 Å². The van der Waals surface area contributed by atoms with E-state index in [-0.39, 0.29) is 11.4 Å². The number of fused-ring (bicyclic) bond motifs is 1. The lowest BCUT2D eigenvalue weighted by molar-refractivity contribution is 0.0693. The number of nitrogens with zero attached hydrogens (tertiary/aromatic N) is 2. The topological polar surface area (TPSA) is 72.3 Å². The number of pyridine rings is 2. The molecule has 0 unspecified atom stereocenters. The molecule has 102 valence electrons. The maximum atomic E-state index is 11.3. The Morgan fingerprint density at radius 2 is 2.15 bits per heavy atom. The van der Waals surface area contributed by atoms with Crippen LogP contribution >= 0.6 is 15.9 Å². The van der Waals surface area contributed by atoms with E-state index in [1.807, 2.05) is 0 Å². The highest BCUT2D eigenvalue weighted by molar-refractivity contribution is 9.10. The molecule has 3 rings (SSSR count). The van der Waals surface area contributed by atoms with Crippen LogP contribution in [0.4, 0.5) is 0 Å². The summed E-state index contributed by atoms with van der Waals surface area (Å²) < 4.78 is 6.35. The number of ether oxygens (including phenoxy) is 1. The van der Waals surface area contributed by atoms with E-state index in [1.165, 1.54) is 6.20 Å². The molecule has 0 amide bonds. The summed E-state index contributed by atoms with van der Waals surface area (Å²) in [4.78, 5) is 19.7. The van der Waals surface area contributed by atoms with Gasteiger partial charge in [-0.1, -0.05) is 0 Å². The van der Waals surface area contributed by atoms with Crippen LogP contribution in [0.3, 0.4) is 0 Å². The first-order chi connectivity index (χ1) is 9.63. The molecule has 2 heterocycles. The molecule has 1 N–H and O–H groups in total. The zero-order chi connectivity index (χ0) is 14.1. The Hall–Kier alpha value is -1.95. The average Bonchev–Trinajstić information content (AvgIpc) is 2.84. The fourth-order valence-corrected chi connectivity index (χ4v) is 2.59. The Bertz CT molecular complexity index is 688. The van der Waals surface area contributed by atoms with Crippen molar-refractivity contribution in [2.75, 3.05) is 0 Å². The van der Waals surface area contributed by atoms with Crippen molar-refractivity contribution in [1.82, 2.24) is 9.97 Å². The van der Waals surface area contributed by atoms with E-state index in [4.69, 9.17) is 4.74 Å². The molecule has 6 heteroatoms. The minimum Gasteiger partial charge on any atom is -0.477 e. The third-order valence-electron chi connectivity index (χ3n) is 3.14. The Kier molecular flexibility index (Phi) is 3.40. The molecule has 0 saturated heterocycles. The number of hydrogen-bond acceptors (Lipinski definition) is 4. The molecule has 1 aliphatic rings. The Balaban J connectivity index is 2.01. The summed E-state index contributed by atoms with van der Waals surface area (Å²) in [6, 6.07) is 3.38. The van der Waals surface area contributed by atoms with Gasteiger partial charge in [-0.3, -0.25) is 4.98 Å². The number of carbonyl (C=O) groups is 1. The number of rotatable bonds is 3. The SMILES string of the molecule is O=C(O)c1cc2c(nc1Oc1cncc(Br)c1)CCC2. The van der Waals surface area contributed by atoms with E-state index >= 15 is 0 Å². The summed E-state index contributed by atoms with van der Waals surface area (Å²) in [5, 5.41) is 9.28. The fourth-order valence-electron chi connectivity index (χ4n) is 2.24. The van der Waals surface area contributed by atoms with Gasteiger partial charge in [-0.2, -0.15) is 0 Å². The van der Waals surface area contributed by atoms with Gasteiger partial charge < -0.3 is 9.84 Å². The first kappa shape index (κ1) is 13.1. The highest BCUT2D eigenvalue weighted by atomic mass is 79.9. The molecule has 0 spiro atoms.